The van der Waals surface area contributed by atoms with Gasteiger partial charge in [0.1, 0.15) is 12.0 Å². The Labute approximate surface area is 125 Å². The highest BCUT2D eigenvalue weighted by Crippen LogP contribution is 2.26. The average molecular weight is 293 g/mol. The second-order valence-corrected chi connectivity index (χ2v) is 6.38. The maximum absolute atomic E-state index is 12.4. The van der Waals surface area contributed by atoms with Gasteiger partial charge in [-0.2, -0.15) is 0 Å². The number of aromatic nitrogens is 1. The van der Waals surface area contributed by atoms with Crippen LogP contribution in [-0.4, -0.2) is 29.4 Å². The molecule has 0 atom stereocenters. The zero-order chi connectivity index (χ0) is 16.3. The number of carbonyl (C=O) groups is 2. The molecule has 5 nitrogen and oxygen atoms in total. The van der Waals surface area contributed by atoms with E-state index in [2.05, 4.69) is 4.98 Å². The van der Waals surface area contributed by atoms with Gasteiger partial charge in [-0.15, -0.1) is 0 Å². The normalized spacial score (nSPS) is 11.9. The van der Waals surface area contributed by atoms with Crippen molar-refractivity contribution >= 4 is 11.8 Å². The first kappa shape index (κ1) is 17.1. The Hall–Kier alpha value is -1.91. The molecule has 0 saturated carbocycles. The Morgan fingerprint density at radius 1 is 1.14 bits per heavy atom. The van der Waals surface area contributed by atoms with E-state index in [1.807, 2.05) is 0 Å². The highest BCUT2D eigenvalue weighted by atomic mass is 16.6. The first-order chi connectivity index (χ1) is 9.56. The van der Waals surface area contributed by atoms with E-state index in [4.69, 9.17) is 9.47 Å². The van der Waals surface area contributed by atoms with E-state index in [9.17, 15) is 9.59 Å². The second-order valence-electron chi connectivity index (χ2n) is 6.38. The molecule has 0 aromatic carbocycles. The minimum atomic E-state index is -0.883. The highest BCUT2D eigenvalue weighted by molar-refractivity contribution is 6.01. The minimum absolute atomic E-state index is 0.238. The molecule has 1 aromatic heterocycles. The Morgan fingerprint density at radius 3 is 2.29 bits per heavy atom. The van der Waals surface area contributed by atoms with Crippen molar-refractivity contribution in [3.63, 3.8) is 0 Å². The van der Waals surface area contributed by atoms with E-state index in [1.54, 1.807) is 52.8 Å². The van der Waals surface area contributed by atoms with E-state index in [-0.39, 0.29) is 12.2 Å². The van der Waals surface area contributed by atoms with Gasteiger partial charge in [-0.25, -0.2) is 4.98 Å². The van der Waals surface area contributed by atoms with Crippen molar-refractivity contribution in [3.8, 4) is 5.88 Å². The van der Waals surface area contributed by atoms with E-state index >= 15 is 0 Å². The van der Waals surface area contributed by atoms with Crippen molar-refractivity contribution < 1.29 is 19.1 Å². The Kier molecular flexibility index (Phi) is 5.10. The molecule has 116 valence electrons. The lowest BCUT2D eigenvalue weighted by atomic mass is 9.82. The maximum Gasteiger partial charge on any atom is 0.313 e. The summed E-state index contributed by atoms with van der Waals surface area (Å²) in [4.78, 5) is 28.4. The summed E-state index contributed by atoms with van der Waals surface area (Å²) in [5.41, 5.74) is -0.920. The van der Waals surface area contributed by atoms with Crippen LogP contribution >= 0.6 is 0 Å². The summed E-state index contributed by atoms with van der Waals surface area (Å²) in [6.07, 6.45) is -0.275. The van der Waals surface area contributed by atoms with Crippen LogP contribution in [0.3, 0.4) is 0 Å². The molecule has 0 aliphatic carbocycles. The molecule has 0 fully saturated rings. The molecule has 21 heavy (non-hydrogen) atoms. The monoisotopic (exact) mass is 293 g/mol. The van der Waals surface area contributed by atoms with Crippen LogP contribution < -0.4 is 4.74 Å². The molecule has 0 saturated heterocycles. The fraction of sp³-hybridized carbons (Fsp3) is 0.562. The average Bonchev–Trinajstić information content (AvgIpc) is 2.36. The summed E-state index contributed by atoms with van der Waals surface area (Å²) >= 11 is 0. The van der Waals surface area contributed by atoms with Crippen molar-refractivity contribution in [2.45, 2.75) is 52.1 Å². The first-order valence-electron chi connectivity index (χ1n) is 6.83. The third-order valence-corrected chi connectivity index (χ3v) is 3.00. The standard InChI is InChI=1S/C16H23NO4/c1-15(2,3)21-14(19)10-12(18)16(4,5)11-8-7-9-13(17-11)20-6/h7-9H,10H2,1-6H3. The summed E-state index contributed by atoms with van der Waals surface area (Å²) in [6, 6.07) is 5.22. The van der Waals surface area contributed by atoms with Gasteiger partial charge in [0, 0.05) is 6.07 Å². The molecule has 1 rings (SSSR count). The Balaban J connectivity index is 2.86. The predicted octanol–water partition coefficient (Wildman–Crippen LogP) is 2.67. The zero-order valence-electron chi connectivity index (χ0n) is 13.5. The van der Waals surface area contributed by atoms with Crippen LogP contribution in [0.5, 0.6) is 5.88 Å². The van der Waals surface area contributed by atoms with Crippen molar-refractivity contribution in [3.05, 3.63) is 23.9 Å². The number of methoxy groups -OCH3 is 1. The van der Waals surface area contributed by atoms with Crippen LogP contribution in [0.4, 0.5) is 0 Å². The van der Waals surface area contributed by atoms with Crippen LogP contribution in [0.1, 0.15) is 46.7 Å². The topological polar surface area (TPSA) is 65.5 Å². The van der Waals surface area contributed by atoms with Gasteiger partial charge >= 0.3 is 5.97 Å². The number of nitrogens with zero attached hydrogens (tertiary/aromatic N) is 1. The largest absolute Gasteiger partial charge is 0.481 e. The molecule has 5 heteroatoms. The van der Waals surface area contributed by atoms with Crippen LogP contribution in [0.15, 0.2) is 18.2 Å². The second kappa shape index (κ2) is 6.24. The first-order valence-corrected chi connectivity index (χ1v) is 6.83. The number of rotatable bonds is 5. The summed E-state index contributed by atoms with van der Waals surface area (Å²) in [5.74, 6) is -0.327. The van der Waals surface area contributed by atoms with Crippen molar-refractivity contribution in [2.24, 2.45) is 0 Å². The smallest absolute Gasteiger partial charge is 0.313 e. The van der Waals surface area contributed by atoms with Gasteiger partial charge in [0.05, 0.1) is 18.2 Å². The number of ether oxygens (including phenoxy) is 2. The lowest BCUT2D eigenvalue weighted by molar-refractivity contribution is -0.156. The van der Waals surface area contributed by atoms with Crippen LogP contribution in [0.2, 0.25) is 0 Å². The number of hydrogen-bond acceptors (Lipinski definition) is 5. The summed E-state index contributed by atoms with van der Waals surface area (Å²) in [7, 11) is 1.52. The maximum atomic E-state index is 12.4. The third-order valence-electron chi connectivity index (χ3n) is 3.00. The molecule has 1 heterocycles. The number of hydrogen-bond donors (Lipinski definition) is 0. The third kappa shape index (κ3) is 4.85. The number of esters is 1. The van der Waals surface area contributed by atoms with Gasteiger partial charge in [0.15, 0.2) is 5.78 Å². The number of carbonyl (C=O) groups excluding carboxylic acids is 2. The van der Waals surface area contributed by atoms with E-state index < -0.39 is 17.0 Å². The fourth-order valence-corrected chi connectivity index (χ4v) is 1.75. The van der Waals surface area contributed by atoms with Crippen molar-refractivity contribution in [1.29, 1.82) is 0 Å². The lowest BCUT2D eigenvalue weighted by Gasteiger charge is -2.24. The van der Waals surface area contributed by atoms with Crippen molar-refractivity contribution in [1.82, 2.24) is 4.98 Å². The quantitative estimate of drug-likeness (QED) is 0.617. The summed E-state index contributed by atoms with van der Waals surface area (Å²) in [6.45, 7) is 8.78. The molecular formula is C16H23NO4. The molecule has 0 N–H and O–H groups in total. The molecular weight excluding hydrogens is 270 g/mol. The molecule has 0 radical (unpaired) electrons. The van der Waals surface area contributed by atoms with Crippen LogP contribution in [-0.2, 0) is 19.7 Å². The van der Waals surface area contributed by atoms with Gasteiger partial charge in [0.2, 0.25) is 5.88 Å². The van der Waals surface area contributed by atoms with E-state index in [1.165, 1.54) is 7.11 Å². The molecule has 0 spiro atoms. The van der Waals surface area contributed by atoms with Gasteiger partial charge in [-0.05, 0) is 40.7 Å². The van der Waals surface area contributed by atoms with Gasteiger partial charge in [0.25, 0.3) is 0 Å². The summed E-state index contributed by atoms with van der Waals surface area (Å²) < 4.78 is 10.2. The van der Waals surface area contributed by atoms with Crippen molar-refractivity contribution in [2.75, 3.05) is 7.11 Å². The van der Waals surface area contributed by atoms with Crippen LogP contribution in [0, 0.1) is 0 Å². The summed E-state index contributed by atoms with van der Waals surface area (Å²) in [5, 5.41) is 0. The van der Waals surface area contributed by atoms with E-state index in [0.29, 0.717) is 11.6 Å². The highest BCUT2D eigenvalue weighted by Gasteiger charge is 2.33. The Bertz CT molecular complexity index is 529. The predicted molar refractivity (Wildman–Crippen MR) is 79.3 cm³/mol. The van der Waals surface area contributed by atoms with Gasteiger partial charge < -0.3 is 9.47 Å². The van der Waals surface area contributed by atoms with Gasteiger partial charge in [-0.1, -0.05) is 6.07 Å². The SMILES string of the molecule is COc1cccc(C(C)(C)C(=O)CC(=O)OC(C)(C)C)n1. The number of pyridine rings is 1. The molecule has 0 unspecified atom stereocenters. The molecule has 0 aliphatic rings. The number of ketones is 1. The molecule has 0 aliphatic heterocycles. The van der Waals surface area contributed by atoms with Crippen LogP contribution in [0.25, 0.3) is 0 Å². The zero-order valence-corrected chi connectivity index (χ0v) is 13.5. The number of Topliss-reactive ketones (excluding diaryl/α,β-unsaturated/α-hetero) is 1. The molecule has 1 aromatic rings. The molecule has 0 amide bonds. The lowest BCUT2D eigenvalue weighted by Crippen LogP contribution is -2.34. The van der Waals surface area contributed by atoms with Gasteiger partial charge in [-0.3, -0.25) is 9.59 Å². The van der Waals surface area contributed by atoms with E-state index in [0.717, 1.165) is 0 Å². The Morgan fingerprint density at radius 2 is 1.76 bits per heavy atom. The molecule has 0 bridgehead atoms. The fourth-order valence-electron chi connectivity index (χ4n) is 1.75. The minimum Gasteiger partial charge on any atom is -0.481 e.